The van der Waals surface area contributed by atoms with Gasteiger partial charge in [-0.25, -0.2) is 8.42 Å². The fraction of sp³-hybridized carbons (Fsp3) is 0.588. The van der Waals surface area contributed by atoms with E-state index in [4.69, 9.17) is 4.74 Å². The minimum Gasteiger partial charge on any atom is -0.378 e. The van der Waals surface area contributed by atoms with Crippen LogP contribution in [0.4, 0.5) is 11.4 Å². The molecule has 0 radical (unpaired) electrons. The molecule has 1 unspecified atom stereocenters. The van der Waals surface area contributed by atoms with Crippen LogP contribution in [-0.4, -0.2) is 76.7 Å². The summed E-state index contributed by atoms with van der Waals surface area (Å²) in [5.41, 5.74) is 1.97. The second-order valence-electron chi connectivity index (χ2n) is 6.53. The van der Waals surface area contributed by atoms with Gasteiger partial charge >= 0.3 is 0 Å². The molecule has 0 aliphatic carbocycles. The Bertz CT molecular complexity index is 716. The van der Waals surface area contributed by atoms with Crippen LogP contribution in [0.5, 0.6) is 0 Å². The topological polar surface area (TPSA) is 79.0 Å². The lowest BCUT2D eigenvalue weighted by Crippen LogP contribution is -2.41. The third-order valence-electron chi connectivity index (χ3n) is 4.84. The van der Waals surface area contributed by atoms with Crippen molar-refractivity contribution in [3.8, 4) is 0 Å². The fourth-order valence-corrected chi connectivity index (χ4v) is 5.06. The number of nitrogens with one attached hydrogen (secondary N) is 1. The van der Waals surface area contributed by atoms with Gasteiger partial charge in [-0.15, -0.1) is 0 Å². The molecule has 1 atom stereocenters. The van der Waals surface area contributed by atoms with Crippen LogP contribution >= 0.6 is 0 Å². The number of hydrogen-bond donors (Lipinski definition) is 1. The molecule has 0 aromatic heterocycles. The van der Waals surface area contributed by atoms with E-state index in [1.807, 2.05) is 24.3 Å². The summed E-state index contributed by atoms with van der Waals surface area (Å²) in [7, 11) is -1.31. The minimum absolute atomic E-state index is 0.0691. The average Bonchev–Trinajstić information content (AvgIpc) is 3.00. The fourth-order valence-electron chi connectivity index (χ4n) is 3.28. The largest absolute Gasteiger partial charge is 0.378 e. The molecular formula is C17H25N3O4S. The van der Waals surface area contributed by atoms with Crippen LogP contribution in [0.1, 0.15) is 6.42 Å². The molecule has 2 saturated heterocycles. The summed E-state index contributed by atoms with van der Waals surface area (Å²) in [6.07, 6.45) is 0.523. The van der Waals surface area contributed by atoms with Crippen LogP contribution in [-0.2, 0) is 19.4 Å². The standard InChI is InChI=1S/C17H25N3O4S/c1-19(14-6-11-25(22,23)13-14)17(21)12-18-15-4-2-3-5-16(15)20-7-9-24-10-8-20/h2-5,14,18H,6-13H2,1H3. The predicted molar refractivity (Wildman–Crippen MR) is 97.8 cm³/mol. The van der Waals surface area contributed by atoms with Crippen LogP contribution in [0.3, 0.4) is 0 Å². The minimum atomic E-state index is -3.00. The number of rotatable bonds is 5. The first-order valence-corrected chi connectivity index (χ1v) is 10.4. The van der Waals surface area contributed by atoms with Crippen molar-refractivity contribution in [1.82, 2.24) is 4.90 Å². The molecule has 138 valence electrons. The van der Waals surface area contributed by atoms with Crippen LogP contribution in [0.15, 0.2) is 24.3 Å². The number of likely N-dealkylation sites (N-methyl/N-ethyl adjacent to an activating group) is 1. The Morgan fingerprint density at radius 2 is 2.04 bits per heavy atom. The summed E-state index contributed by atoms with van der Waals surface area (Å²) in [5.74, 6) is 0.140. The molecule has 0 saturated carbocycles. The van der Waals surface area contributed by atoms with E-state index in [2.05, 4.69) is 10.2 Å². The molecule has 0 bridgehead atoms. The number of sulfone groups is 1. The highest BCUT2D eigenvalue weighted by Crippen LogP contribution is 2.26. The Kier molecular flexibility index (Phi) is 5.48. The van der Waals surface area contributed by atoms with Gasteiger partial charge in [0.1, 0.15) is 0 Å². The number of hydrogen-bond acceptors (Lipinski definition) is 6. The monoisotopic (exact) mass is 367 g/mol. The SMILES string of the molecule is CN(C(=O)CNc1ccccc1N1CCOCC1)C1CCS(=O)(=O)C1. The van der Waals surface area contributed by atoms with Gasteiger partial charge in [0, 0.05) is 26.2 Å². The van der Waals surface area contributed by atoms with E-state index in [1.54, 1.807) is 11.9 Å². The molecule has 0 spiro atoms. The Morgan fingerprint density at radius 3 is 2.72 bits per heavy atom. The van der Waals surface area contributed by atoms with Crippen LogP contribution < -0.4 is 10.2 Å². The summed E-state index contributed by atoms with van der Waals surface area (Å²) in [4.78, 5) is 16.2. The first-order valence-electron chi connectivity index (χ1n) is 8.58. The lowest BCUT2D eigenvalue weighted by Gasteiger charge is -2.31. The van der Waals surface area contributed by atoms with Gasteiger partial charge < -0.3 is 19.9 Å². The number of morpholine rings is 1. The zero-order valence-corrected chi connectivity index (χ0v) is 15.3. The van der Waals surface area contributed by atoms with E-state index in [9.17, 15) is 13.2 Å². The van der Waals surface area contributed by atoms with Crippen molar-refractivity contribution in [2.75, 3.05) is 61.6 Å². The number of ether oxygens (including phenoxy) is 1. The van der Waals surface area contributed by atoms with E-state index in [-0.39, 0.29) is 30.0 Å². The smallest absolute Gasteiger partial charge is 0.241 e. The molecule has 8 heteroatoms. The molecule has 2 aliphatic rings. The normalized spacial score (nSPS) is 22.6. The third kappa shape index (κ3) is 4.43. The van der Waals surface area contributed by atoms with Gasteiger partial charge in [0.25, 0.3) is 0 Å². The van der Waals surface area contributed by atoms with Gasteiger partial charge in [-0.05, 0) is 18.6 Å². The van der Waals surface area contributed by atoms with E-state index in [1.165, 1.54) is 0 Å². The summed E-state index contributed by atoms with van der Waals surface area (Å²) < 4.78 is 28.6. The summed E-state index contributed by atoms with van der Waals surface area (Å²) in [5, 5.41) is 3.21. The van der Waals surface area contributed by atoms with Crippen molar-refractivity contribution >= 4 is 27.1 Å². The molecular weight excluding hydrogens is 342 g/mol. The summed E-state index contributed by atoms with van der Waals surface area (Å²) in [6.45, 7) is 3.20. The second kappa shape index (κ2) is 7.61. The number of benzene rings is 1. The molecule has 2 fully saturated rings. The summed E-state index contributed by atoms with van der Waals surface area (Å²) in [6, 6.07) is 7.69. The number of para-hydroxylation sites is 2. The van der Waals surface area contributed by atoms with E-state index >= 15 is 0 Å². The first kappa shape index (κ1) is 18.0. The van der Waals surface area contributed by atoms with Crippen molar-refractivity contribution in [1.29, 1.82) is 0 Å². The quantitative estimate of drug-likeness (QED) is 0.820. The average molecular weight is 367 g/mol. The van der Waals surface area contributed by atoms with Crippen molar-refractivity contribution in [2.24, 2.45) is 0 Å². The number of carbonyl (C=O) groups is 1. The lowest BCUT2D eigenvalue weighted by atomic mass is 10.2. The summed E-state index contributed by atoms with van der Waals surface area (Å²) >= 11 is 0. The molecule has 25 heavy (non-hydrogen) atoms. The number of amides is 1. The van der Waals surface area contributed by atoms with Gasteiger partial charge in [-0.1, -0.05) is 12.1 Å². The Hall–Kier alpha value is -1.80. The Balaban J connectivity index is 1.60. The highest BCUT2D eigenvalue weighted by molar-refractivity contribution is 7.91. The number of anilines is 2. The maximum absolute atomic E-state index is 12.4. The molecule has 1 N–H and O–H groups in total. The molecule has 2 aliphatic heterocycles. The maximum Gasteiger partial charge on any atom is 0.241 e. The molecule has 1 aromatic carbocycles. The van der Waals surface area contributed by atoms with Gasteiger partial charge in [-0.2, -0.15) is 0 Å². The molecule has 3 rings (SSSR count). The zero-order valence-electron chi connectivity index (χ0n) is 14.5. The predicted octanol–water partition coefficient (Wildman–Crippen LogP) is 0.581. The van der Waals surface area contributed by atoms with E-state index < -0.39 is 9.84 Å². The highest BCUT2D eigenvalue weighted by Gasteiger charge is 2.32. The van der Waals surface area contributed by atoms with Crippen molar-refractivity contribution in [3.63, 3.8) is 0 Å². The maximum atomic E-state index is 12.4. The molecule has 1 aromatic rings. The van der Waals surface area contributed by atoms with Crippen molar-refractivity contribution in [3.05, 3.63) is 24.3 Å². The highest BCUT2D eigenvalue weighted by atomic mass is 32.2. The van der Waals surface area contributed by atoms with Gasteiger partial charge in [-0.3, -0.25) is 4.79 Å². The van der Waals surface area contributed by atoms with Crippen LogP contribution in [0, 0.1) is 0 Å². The van der Waals surface area contributed by atoms with Crippen LogP contribution in [0.2, 0.25) is 0 Å². The number of carbonyl (C=O) groups excluding carboxylic acids is 1. The zero-order chi connectivity index (χ0) is 17.9. The van der Waals surface area contributed by atoms with Gasteiger partial charge in [0.05, 0.1) is 42.6 Å². The molecule has 7 nitrogen and oxygen atoms in total. The lowest BCUT2D eigenvalue weighted by molar-refractivity contribution is -0.129. The first-order chi connectivity index (χ1) is 12.0. The second-order valence-corrected chi connectivity index (χ2v) is 8.76. The van der Waals surface area contributed by atoms with Crippen molar-refractivity contribution < 1.29 is 17.9 Å². The molecule has 2 heterocycles. The van der Waals surface area contributed by atoms with E-state index in [0.29, 0.717) is 19.6 Å². The van der Waals surface area contributed by atoms with Gasteiger partial charge in [0.2, 0.25) is 5.91 Å². The van der Waals surface area contributed by atoms with E-state index in [0.717, 1.165) is 24.5 Å². The third-order valence-corrected chi connectivity index (χ3v) is 6.59. The van der Waals surface area contributed by atoms with Crippen molar-refractivity contribution in [2.45, 2.75) is 12.5 Å². The number of nitrogens with zero attached hydrogens (tertiary/aromatic N) is 2. The molecule has 1 amide bonds. The van der Waals surface area contributed by atoms with Gasteiger partial charge in [0.15, 0.2) is 9.84 Å². The van der Waals surface area contributed by atoms with Crippen LogP contribution in [0.25, 0.3) is 0 Å². The Labute approximate surface area is 148 Å². The Morgan fingerprint density at radius 1 is 1.32 bits per heavy atom.